The fourth-order valence-electron chi connectivity index (χ4n) is 2.63. The second kappa shape index (κ2) is 7.58. The lowest BCUT2D eigenvalue weighted by atomic mass is 10.0. The lowest BCUT2D eigenvalue weighted by Crippen LogP contribution is -2.43. The van der Waals surface area contributed by atoms with Crippen molar-refractivity contribution in [2.75, 3.05) is 40.3 Å². The molecule has 4 nitrogen and oxygen atoms in total. The van der Waals surface area contributed by atoms with Gasteiger partial charge < -0.3 is 15.1 Å². The molecule has 2 rings (SSSR count). The Bertz CT molecular complexity index is 344. The second-order valence-corrected chi connectivity index (χ2v) is 5.57. The molecule has 0 aliphatic carbocycles. The Morgan fingerprint density at radius 3 is 2.79 bits per heavy atom. The van der Waals surface area contributed by atoms with E-state index in [0.717, 1.165) is 25.7 Å². The Balaban J connectivity index is 1.57. The molecule has 1 fully saturated rings. The van der Waals surface area contributed by atoms with E-state index in [9.17, 15) is 0 Å². The number of piperidine rings is 1. The van der Waals surface area contributed by atoms with E-state index in [1.165, 1.54) is 31.5 Å². The fourth-order valence-corrected chi connectivity index (χ4v) is 2.63. The van der Waals surface area contributed by atoms with E-state index in [0.29, 0.717) is 0 Å². The Morgan fingerprint density at radius 2 is 2.16 bits per heavy atom. The monoisotopic (exact) mass is 262 g/mol. The van der Waals surface area contributed by atoms with Crippen LogP contribution in [-0.4, -0.2) is 61.1 Å². The molecule has 0 unspecified atom stereocenters. The Hall–Kier alpha value is -0.970. The maximum atomic E-state index is 4.12. The van der Waals surface area contributed by atoms with Gasteiger partial charge in [-0.1, -0.05) is 6.07 Å². The van der Waals surface area contributed by atoms with Crippen molar-refractivity contribution in [2.24, 2.45) is 0 Å². The zero-order chi connectivity index (χ0) is 13.5. The summed E-state index contributed by atoms with van der Waals surface area (Å²) in [6, 6.07) is 4.88. The van der Waals surface area contributed by atoms with Gasteiger partial charge in [0, 0.05) is 38.1 Å². The van der Waals surface area contributed by atoms with E-state index >= 15 is 0 Å². The summed E-state index contributed by atoms with van der Waals surface area (Å²) in [5.74, 6) is 0. The van der Waals surface area contributed by atoms with Crippen LogP contribution in [-0.2, 0) is 6.54 Å². The van der Waals surface area contributed by atoms with Crippen LogP contribution < -0.4 is 5.32 Å². The molecule has 1 aromatic heterocycles. The molecule has 106 valence electrons. The maximum absolute atomic E-state index is 4.12. The van der Waals surface area contributed by atoms with E-state index in [-0.39, 0.29) is 0 Å². The van der Waals surface area contributed by atoms with E-state index in [1.807, 2.05) is 18.5 Å². The highest BCUT2D eigenvalue weighted by Crippen LogP contribution is 2.13. The highest BCUT2D eigenvalue weighted by molar-refractivity contribution is 5.07. The summed E-state index contributed by atoms with van der Waals surface area (Å²) < 4.78 is 0. The fraction of sp³-hybridized carbons (Fsp3) is 0.667. The van der Waals surface area contributed by atoms with Crippen molar-refractivity contribution in [3.8, 4) is 0 Å². The van der Waals surface area contributed by atoms with E-state index in [4.69, 9.17) is 0 Å². The van der Waals surface area contributed by atoms with E-state index in [2.05, 4.69) is 40.3 Å². The van der Waals surface area contributed by atoms with Crippen molar-refractivity contribution < 1.29 is 0 Å². The van der Waals surface area contributed by atoms with Crippen molar-refractivity contribution in [1.82, 2.24) is 20.1 Å². The minimum Gasteiger partial charge on any atom is -0.311 e. The van der Waals surface area contributed by atoms with Crippen LogP contribution in [0.5, 0.6) is 0 Å². The first kappa shape index (κ1) is 14.4. The molecule has 0 spiro atoms. The van der Waals surface area contributed by atoms with Gasteiger partial charge in [0.15, 0.2) is 0 Å². The predicted molar refractivity (Wildman–Crippen MR) is 79.1 cm³/mol. The van der Waals surface area contributed by atoms with Crippen molar-refractivity contribution in [2.45, 2.75) is 25.4 Å². The van der Waals surface area contributed by atoms with Gasteiger partial charge in [0.25, 0.3) is 0 Å². The third-order valence-corrected chi connectivity index (χ3v) is 3.94. The van der Waals surface area contributed by atoms with Crippen LogP contribution in [0.2, 0.25) is 0 Å². The molecular weight excluding hydrogens is 236 g/mol. The molecule has 19 heavy (non-hydrogen) atoms. The topological polar surface area (TPSA) is 31.4 Å². The van der Waals surface area contributed by atoms with E-state index in [1.54, 1.807) is 0 Å². The summed E-state index contributed by atoms with van der Waals surface area (Å²) >= 11 is 0. The van der Waals surface area contributed by atoms with Crippen molar-refractivity contribution >= 4 is 0 Å². The van der Waals surface area contributed by atoms with Gasteiger partial charge in [0.2, 0.25) is 0 Å². The number of aromatic nitrogens is 1. The lowest BCUT2D eigenvalue weighted by molar-refractivity contribution is 0.145. The first-order valence-corrected chi connectivity index (χ1v) is 7.24. The van der Waals surface area contributed by atoms with Crippen molar-refractivity contribution in [3.05, 3.63) is 30.1 Å². The molecule has 0 bridgehead atoms. The zero-order valence-electron chi connectivity index (χ0n) is 12.2. The Kier molecular flexibility index (Phi) is 5.76. The first-order valence-electron chi connectivity index (χ1n) is 7.24. The number of likely N-dealkylation sites (tertiary alicyclic amines) is 1. The van der Waals surface area contributed by atoms with Gasteiger partial charge in [-0.2, -0.15) is 0 Å². The minimum atomic E-state index is 0.777. The Morgan fingerprint density at radius 1 is 1.37 bits per heavy atom. The molecular formula is C15H26N4. The Labute approximate surface area is 116 Å². The van der Waals surface area contributed by atoms with Gasteiger partial charge in [0.1, 0.15) is 0 Å². The van der Waals surface area contributed by atoms with Crippen molar-refractivity contribution in [3.63, 3.8) is 0 Å². The number of hydrogen-bond donors (Lipinski definition) is 1. The average Bonchev–Trinajstić information content (AvgIpc) is 2.45. The molecule has 4 heteroatoms. The van der Waals surface area contributed by atoms with Crippen LogP contribution in [0, 0.1) is 0 Å². The summed E-state index contributed by atoms with van der Waals surface area (Å²) in [7, 11) is 4.38. The predicted octanol–water partition coefficient (Wildman–Crippen LogP) is 1.20. The molecule has 0 saturated carbocycles. The number of rotatable bonds is 6. The van der Waals surface area contributed by atoms with Crippen LogP contribution in [0.4, 0.5) is 0 Å². The highest BCUT2D eigenvalue weighted by Gasteiger charge is 2.19. The molecule has 1 N–H and O–H groups in total. The molecule has 0 amide bonds. The molecule has 0 radical (unpaired) electrons. The SMILES string of the molecule is CN(C)C1CCN(CCNCc2cccnc2)CC1. The van der Waals surface area contributed by atoms with Crippen LogP contribution in [0.15, 0.2) is 24.5 Å². The van der Waals surface area contributed by atoms with Crippen LogP contribution in [0.3, 0.4) is 0 Å². The first-order chi connectivity index (χ1) is 9.25. The summed E-state index contributed by atoms with van der Waals surface area (Å²) in [5.41, 5.74) is 1.26. The summed E-state index contributed by atoms with van der Waals surface area (Å²) in [6.45, 7) is 5.60. The van der Waals surface area contributed by atoms with Gasteiger partial charge in [-0.15, -0.1) is 0 Å². The zero-order valence-corrected chi connectivity index (χ0v) is 12.2. The lowest BCUT2D eigenvalue weighted by Gasteiger charge is -2.35. The molecule has 1 saturated heterocycles. The largest absolute Gasteiger partial charge is 0.311 e. The molecule has 1 aliphatic rings. The highest BCUT2D eigenvalue weighted by atomic mass is 15.2. The summed E-state index contributed by atoms with van der Waals surface area (Å²) in [4.78, 5) is 9.05. The quantitative estimate of drug-likeness (QED) is 0.781. The second-order valence-electron chi connectivity index (χ2n) is 5.57. The van der Waals surface area contributed by atoms with Gasteiger partial charge >= 0.3 is 0 Å². The van der Waals surface area contributed by atoms with Crippen LogP contribution in [0.1, 0.15) is 18.4 Å². The number of nitrogens with one attached hydrogen (secondary N) is 1. The normalized spacial score (nSPS) is 18.1. The molecule has 0 aromatic carbocycles. The van der Waals surface area contributed by atoms with Gasteiger partial charge in [-0.3, -0.25) is 4.98 Å². The maximum Gasteiger partial charge on any atom is 0.0312 e. The minimum absolute atomic E-state index is 0.777. The number of nitrogens with zero attached hydrogens (tertiary/aromatic N) is 3. The smallest absolute Gasteiger partial charge is 0.0312 e. The molecule has 2 heterocycles. The van der Waals surface area contributed by atoms with Gasteiger partial charge in [0.05, 0.1) is 0 Å². The number of pyridine rings is 1. The molecule has 1 aliphatic heterocycles. The summed E-state index contributed by atoms with van der Waals surface area (Å²) in [6.07, 6.45) is 6.35. The van der Waals surface area contributed by atoms with Crippen molar-refractivity contribution in [1.29, 1.82) is 0 Å². The third kappa shape index (κ3) is 4.90. The molecule has 1 aromatic rings. The van der Waals surface area contributed by atoms with Crippen LogP contribution >= 0.6 is 0 Å². The number of hydrogen-bond acceptors (Lipinski definition) is 4. The van der Waals surface area contributed by atoms with Gasteiger partial charge in [-0.05, 0) is 51.7 Å². The average molecular weight is 262 g/mol. The standard InChI is InChI=1S/C15H26N4/c1-18(2)15-5-9-19(10-6-15)11-8-17-13-14-4-3-7-16-12-14/h3-4,7,12,15,17H,5-6,8-11,13H2,1-2H3. The van der Waals surface area contributed by atoms with Gasteiger partial charge in [-0.25, -0.2) is 0 Å². The van der Waals surface area contributed by atoms with E-state index < -0.39 is 0 Å². The third-order valence-electron chi connectivity index (χ3n) is 3.94. The summed E-state index contributed by atoms with van der Waals surface area (Å²) in [5, 5.41) is 3.49. The molecule has 0 atom stereocenters. The van der Waals surface area contributed by atoms with Crippen LogP contribution in [0.25, 0.3) is 0 Å².